The molecule has 0 bridgehead atoms. The zero-order chi connectivity index (χ0) is 13.0. The van der Waals surface area contributed by atoms with Crippen LogP contribution < -0.4 is 11.1 Å². The Morgan fingerprint density at radius 3 is 2.72 bits per heavy atom. The normalized spacial score (nSPS) is 18.0. The fourth-order valence-electron chi connectivity index (χ4n) is 2.38. The van der Waals surface area contributed by atoms with E-state index in [1.165, 1.54) is 37.0 Å². The maximum absolute atomic E-state index is 5.92. The second kappa shape index (κ2) is 6.18. The Bertz CT molecular complexity index is 419. The number of nitrogens with one attached hydrogen (secondary N) is 1. The number of aliphatic imine (C=N–C) groups is 1. The first-order chi connectivity index (χ1) is 8.65. The average Bonchev–Trinajstić information content (AvgIpc) is 2.66. The minimum absolute atomic E-state index is 0.515. The van der Waals surface area contributed by atoms with Crippen molar-refractivity contribution in [3.63, 3.8) is 0 Å². The van der Waals surface area contributed by atoms with Gasteiger partial charge in [0.25, 0.3) is 0 Å². The summed E-state index contributed by atoms with van der Waals surface area (Å²) < 4.78 is 0. The highest BCUT2D eigenvalue weighted by molar-refractivity contribution is 7.11. The van der Waals surface area contributed by atoms with Crippen LogP contribution in [0, 0.1) is 13.8 Å². The first-order valence-corrected chi connectivity index (χ1v) is 7.46. The molecule has 0 atom stereocenters. The molecule has 0 aromatic carbocycles. The quantitative estimate of drug-likeness (QED) is 0.652. The first-order valence-electron chi connectivity index (χ1n) is 6.64. The van der Waals surface area contributed by atoms with Crippen LogP contribution in [-0.4, -0.2) is 17.0 Å². The maximum Gasteiger partial charge on any atom is 0.189 e. The van der Waals surface area contributed by atoms with E-state index in [2.05, 4.69) is 22.2 Å². The van der Waals surface area contributed by atoms with Crippen LogP contribution in [0.4, 0.5) is 0 Å². The Balaban J connectivity index is 1.86. The van der Waals surface area contributed by atoms with Gasteiger partial charge in [-0.2, -0.15) is 0 Å². The molecule has 3 N–H and O–H groups in total. The van der Waals surface area contributed by atoms with Gasteiger partial charge in [-0.25, -0.2) is 9.98 Å². The summed E-state index contributed by atoms with van der Waals surface area (Å²) in [5.41, 5.74) is 6.97. The van der Waals surface area contributed by atoms with Crippen LogP contribution in [0.2, 0.25) is 0 Å². The van der Waals surface area contributed by atoms with Crippen molar-refractivity contribution in [2.75, 3.05) is 0 Å². The number of guanidine groups is 1. The van der Waals surface area contributed by atoms with Gasteiger partial charge in [-0.3, -0.25) is 0 Å². The molecule has 0 saturated heterocycles. The van der Waals surface area contributed by atoms with Gasteiger partial charge in [-0.15, -0.1) is 11.3 Å². The van der Waals surface area contributed by atoms with E-state index in [4.69, 9.17) is 5.73 Å². The molecule has 1 aliphatic carbocycles. The van der Waals surface area contributed by atoms with Crippen LogP contribution in [0.5, 0.6) is 0 Å². The highest BCUT2D eigenvalue weighted by atomic mass is 32.1. The number of aromatic nitrogens is 1. The molecule has 5 heteroatoms. The summed E-state index contributed by atoms with van der Waals surface area (Å²) in [5.74, 6) is 0.562. The van der Waals surface area contributed by atoms with Gasteiger partial charge in [0, 0.05) is 10.9 Å². The van der Waals surface area contributed by atoms with Crippen LogP contribution in [0.1, 0.15) is 47.7 Å². The molecule has 1 heterocycles. The van der Waals surface area contributed by atoms with E-state index < -0.39 is 0 Å². The van der Waals surface area contributed by atoms with E-state index in [-0.39, 0.29) is 0 Å². The third-order valence-electron chi connectivity index (χ3n) is 3.36. The van der Waals surface area contributed by atoms with E-state index in [9.17, 15) is 0 Å². The minimum Gasteiger partial charge on any atom is -0.370 e. The van der Waals surface area contributed by atoms with Crippen LogP contribution in [0.3, 0.4) is 0 Å². The lowest BCUT2D eigenvalue weighted by Crippen LogP contribution is -2.41. The van der Waals surface area contributed by atoms with Crippen molar-refractivity contribution in [1.29, 1.82) is 0 Å². The first kappa shape index (κ1) is 13.3. The van der Waals surface area contributed by atoms with Gasteiger partial charge in [0.1, 0.15) is 0 Å². The summed E-state index contributed by atoms with van der Waals surface area (Å²) in [5, 5.41) is 4.41. The molecule has 1 aliphatic rings. The molecule has 1 aromatic heterocycles. The van der Waals surface area contributed by atoms with E-state index in [0.29, 0.717) is 18.5 Å². The van der Waals surface area contributed by atoms with Gasteiger partial charge in [0.2, 0.25) is 0 Å². The number of hydrogen-bond acceptors (Lipinski definition) is 3. The van der Waals surface area contributed by atoms with Gasteiger partial charge in [0.05, 0.1) is 17.2 Å². The van der Waals surface area contributed by atoms with Crippen molar-refractivity contribution < 1.29 is 0 Å². The molecule has 1 saturated carbocycles. The number of aryl methyl sites for hydroxylation is 2. The molecule has 18 heavy (non-hydrogen) atoms. The van der Waals surface area contributed by atoms with Crippen molar-refractivity contribution in [2.45, 2.75) is 58.5 Å². The van der Waals surface area contributed by atoms with E-state index in [1.54, 1.807) is 11.3 Å². The topological polar surface area (TPSA) is 63.3 Å². The average molecular weight is 266 g/mol. The van der Waals surface area contributed by atoms with Gasteiger partial charge >= 0.3 is 0 Å². The molecule has 0 radical (unpaired) electrons. The molecule has 0 unspecified atom stereocenters. The molecule has 1 fully saturated rings. The maximum atomic E-state index is 5.92. The number of nitrogens with zero attached hydrogens (tertiary/aromatic N) is 2. The standard InChI is InChI=1S/C13H22N4S/c1-9-12(16-10(2)18-9)8-15-13(14)17-11-6-4-3-5-7-11/h11H,3-8H2,1-2H3,(H3,14,15,17). The van der Waals surface area contributed by atoms with Crippen molar-refractivity contribution >= 4 is 17.3 Å². The second-order valence-electron chi connectivity index (χ2n) is 4.92. The van der Waals surface area contributed by atoms with Crippen LogP contribution in [0.25, 0.3) is 0 Å². The van der Waals surface area contributed by atoms with Crippen LogP contribution in [0.15, 0.2) is 4.99 Å². The Kier molecular flexibility index (Phi) is 4.58. The van der Waals surface area contributed by atoms with Gasteiger partial charge in [-0.1, -0.05) is 19.3 Å². The van der Waals surface area contributed by atoms with Crippen molar-refractivity contribution in [3.05, 3.63) is 15.6 Å². The fraction of sp³-hybridized carbons (Fsp3) is 0.692. The number of thiazole rings is 1. The predicted molar refractivity (Wildman–Crippen MR) is 76.9 cm³/mol. The zero-order valence-corrected chi connectivity index (χ0v) is 12.0. The smallest absolute Gasteiger partial charge is 0.189 e. The van der Waals surface area contributed by atoms with Crippen LogP contribution >= 0.6 is 11.3 Å². The largest absolute Gasteiger partial charge is 0.370 e. The third-order valence-corrected chi connectivity index (χ3v) is 4.28. The Hall–Kier alpha value is -1.10. The summed E-state index contributed by atoms with van der Waals surface area (Å²) in [6.07, 6.45) is 6.38. The van der Waals surface area contributed by atoms with E-state index in [1.807, 2.05) is 6.92 Å². The summed E-state index contributed by atoms with van der Waals surface area (Å²) >= 11 is 1.71. The molecule has 4 nitrogen and oxygen atoms in total. The molecular formula is C13H22N4S. The summed E-state index contributed by atoms with van der Waals surface area (Å²) in [7, 11) is 0. The molecule has 2 rings (SSSR count). The predicted octanol–water partition coefficient (Wildman–Crippen LogP) is 2.50. The lowest BCUT2D eigenvalue weighted by molar-refractivity contribution is 0.412. The molecule has 0 spiro atoms. The summed E-state index contributed by atoms with van der Waals surface area (Å²) in [6.45, 7) is 4.69. The van der Waals surface area contributed by atoms with Crippen LogP contribution in [-0.2, 0) is 6.54 Å². The number of hydrogen-bond donors (Lipinski definition) is 2. The molecule has 0 aliphatic heterocycles. The third kappa shape index (κ3) is 3.70. The number of nitrogens with two attached hydrogens (primary N) is 1. The summed E-state index contributed by atoms with van der Waals surface area (Å²) in [4.78, 5) is 10.1. The lowest BCUT2D eigenvalue weighted by atomic mass is 9.96. The van der Waals surface area contributed by atoms with Crippen molar-refractivity contribution in [3.8, 4) is 0 Å². The zero-order valence-electron chi connectivity index (χ0n) is 11.2. The van der Waals surface area contributed by atoms with E-state index in [0.717, 1.165) is 10.7 Å². The lowest BCUT2D eigenvalue weighted by Gasteiger charge is -2.23. The highest BCUT2D eigenvalue weighted by Gasteiger charge is 2.13. The SMILES string of the molecule is Cc1nc(CN=C(N)NC2CCCCC2)c(C)s1. The molecular weight excluding hydrogens is 244 g/mol. The second-order valence-corrected chi connectivity index (χ2v) is 6.32. The molecule has 0 amide bonds. The fourth-order valence-corrected chi connectivity index (χ4v) is 3.21. The Morgan fingerprint density at radius 1 is 1.39 bits per heavy atom. The minimum atomic E-state index is 0.515. The van der Waals surface area contributed by atoms with E-state index >= 15 is 0 Å². The molecule has 100 valence electrons. The van der Waals surface area contributed by atoms with Gasteiger partial charge in [-0.05, 0) is 26.7 Å². The Morgan fingerprint density at radius 2 is 2.11 bits per heavy atom. The highest BCUT2D eigenvalue weighted by Crippen LogP contribution is 2.18. The molecule has 1 aromatic rings. The Labute approximate surface area is 113 Å². The van der Waals surface area contributed by atoms with Gasteiger partial charge in [0.15, 0.2) is 5.96 Å². The van der Waals surface area contributed by atoms with Crippen molar-refractivity contribution in [1.82, 2.24) is 10.3 Å². The monoisotopic (exact) mass is 266 g/mol. The van der Waals surface area contributed by atoms with Crippen molar-refractivity contribution in [2.24, 2.45) is 10.7 Å². The van der Waals surface area contributed by atoms with Gasteiger partial charge < -0.3 is 11.1 Å². The number of rotatable bonds is 3. The summed E-state index contributed by atoms with van der Waals surface area (Å²) in [6, 6.07) is 0.515.